The summed E-state index contributed by atoms with van der Waals surface area (Å²) in [5.41, 5.74) is 0.733. The maximum absolute atomic E-state index is 13.4. The number of oxazole rings is 1. The second kappa shape index (κ2) is 7.86. The molecule has 0 unspecified atom stereocenters. The van der Waals surface area contributed by atoms with Crippen LogP contribution in [0.3, 0.4) is 0 Å². The number of sulfonamides is 1. The van der Waals surface area contributed by atoms with Crippen LogP contribution in [-0.4, -0.2) is 54.3 Å². The summed E-state index contributed by atoms with van der Waals surface area (Å²) in [6.07, 6.45) is 0. The maximum Gasteiger partial charge on any atom is 0.420 e. The molecule has 2 heterocycles. The molecule has 1 saturated heterocycles. The van der Waals surface area contributed by atoms with Gasteiger partial charge < -0.3 is 9.32 Å². The van der Waals surface area contributed by atoms with E-state index in [0.29, 0.717) is 10.5 Å². The fourth-order valence-corrected chi connectivity index (χ4v) is 5.00. The SMILES string of the molecule is O=C(Cn1c(=O)oc2cc(Cl)ccc21)N1CCN(S(=O)(=O)c2cccc(F)c2)CC1. The Morgan fingerprint density at radius 2 is 1.83 bits per heavy atom. The Morgan fingerprint density at radius 3 is 2.53 bits per heavy atom. The lowest BCUT2D eigenvalue weighted by Crippen LogP contribution is -2.51. The molecule has 1 fully saturated rings. The number of fused-ring (bicyclic) bond motifs is 1. The van der Waals surface area contributed by atoms with Crippen LogP contribution in [0.2, 0.25) is 5.02 Å². The molecule has 1 aliphatic rings. The highest BCUT2D eigenvalue weighted by Gasteiger charge is 2.30. The van der Waals surface area contributed by atoms with Gasteiger partial charge >= 0.3 is 5.76 Å². The van der Waals surface area contributed by atoms with Gasteiger partial charge in [-0.25, -0.2) is 17.6 Å². The third kappa shape index (κ3) is 3.85. The van der Waals surface area contributed by atoms with E-state index in [0.717, 1.165) is 6.07 Å². The highest BCUT2D eigenvalue weighted by atomic mass is 35.5. The smallest absolute Gasteiger partial charge is 0.408 e. The summed E-state index contributed by atoms with van der Waals surface area (Å²) in [6, 6.07) is 9.49. The molecule has 0 N–H and O–H groups in total. The molecular formula is C19H17ClFN3O5S. The van der Waals surface area contributed by atoms with Crippen molar-refractivity contribution in [2.45, 2.75) is 11.4 Å². The van der Waals surface area contributed by atoms with Gasteiger partial charge in [-0.3, -0.25) is 9.36 Å². The van der Waals surface area contributed by atoms with Gasteiger partial charge in [0.1, 0.15) is 12.4 Å². The van der Waals surface area contributed by atoms with Crippen molar-refractivity contribution in [1.82, 2.24) is 13.8 Å². The normalized spacial score (nSPS) is 15.6. The lowest BCUT2D eigenvalue weighted by Gasteiger charge is -2.34. The topological polar surface area (TPSA) is 92.8 Å². The molecule has 2 aromatic carbocycles. The minimum absolute atomic E-state index is 0.0707. The zero-order valence-corrected chi connectivity index (χ0v) is 17.2. The number of hydrogen-bond donors (Lipinski definition) is 0. The average Bonchev–Trinajstić information content (AvgIpc) is 3.02. The molecule has 0 aliphatic carbocycles. The lowest BCUT2D eigenvalue weighted by molar-refractivity contribution is -0.133. The van der Waals surface area contributed by atoms with Gasteiger partial charge in [-0.05, 0) is 30.3 Å². The van der Waals surface area contributed by atoms with Gasteiger partial charge in [-0.15, -0.1) is 0 Å². The van der Waals surface area contributed by atoms with Crippen LogP contribution in [-0.2, 0) is 21.4 Å². The quantitative estimate of drug-likeness (QED) is 0.601. The first-order chi connectivity index (χ1) is 14.3. The van der Waals surface area contributed by atoms with Crippen LogP contribution >= 0.6 is 11.6 Å². The van der Waals surface area contributed by atoms with Crippen molar-refractivity contribution in [3.63, 3.8) is 0 Å². The second-order valence-electron chi connectivity index (χ2n) is 6.81. The number of nitrogens with zero attached hydrogens (tertiary/aromatic N) is 3. The third-order valence-corrected chi connectivity index (χ3v) is 7.08. The monoisotopic (exact) mass is 453 g/mol. The van der Waals surface area contributed by atoms with Crippen molar-refractivity contribution in [1.29, 1.82) is 0 Å². The molecule has 1 aliphatic heterocycles. The van der Waals surface area contributed by atoms with Crippen LogP contribution in [0.5, 0.6) is 0 Å². The van der Waals surface area contributed by atoms with Crippen molar-refractivity contribution in [3.8, 4) is 0 Å². The van der Waals surface area contributed by atoms with Crippen molar-refractivity contribution >= 4 is 38.6 Å². The van der Waals surface area contributed by atoms with E-state index in [1.54, 1.807) is 12.1 Å². The molecule has 0 saturated carbocycles. The van der Waals surface area contributed by atoms with Gasteiger partial charge in [0.05, 0.1) is 10.4 Å². The molecule has 0 radical (unpaired) electrons. The Balaban J connectivity index is 1.45. The van der Waals surface area contributed by atoms with Crippen LogP contribution < -0.4 is 5.76 Å². The first-order valence-electron chi connectivity index (χ1n) is 9.08. The number of piperazine rings is 1. The van der Waals surface area contributed by atoms with Gasteiger partial charge in [-0.2, -0.15) is 4.31 Å². The van der Waals surface area contributed by atoms with E-state index >= 15 is 0 Å². The number of rotatable bonds is 4. The molecule has 30 heavy (non-hydrogen) atoms. The Morgan fingerprint density at radius 1 is 1.10 bits per heavy atom. The number of aromatic nitrogens is 1. The molecule has 1 aromatic heterocycles. The van der Waals surface area contributed by atoms with Gasteiger partial charge in [-0.1, -0.05) is 17.7 Å². The van der Waals surface area contributed by atoms with E-state index in [2.05, 4.69) is 0 Å². The molecule has 3 aromatic rings. The Hall–Kier alpha value is -2.69. The molecule has 4 rings (SSSR count). The zero-order chi connectivity index (χ0) is 21.5. The third-order valence-electron chi connectivity index (χ3n) is 4.95. The number of benzene rings is 2. The summed E-state index contributed by atoms with van der Waals surface area (Å²) in [6.45, 7) is 0.222. The van der Waals surface area contributed by atoms with Gasteiger partial charge in [0.15, 0.2) is 5.58 Å². The summed E-state index contributed by atoms with van der Waals surface area (Å²) in [5.74, 6) is -1.64. The van der Waals surface area contributed by atoms with E-state index in [1.807, 2.05) is 0 Å². The molecule has 0 spiro atoms. The van der Waals surface area contributed by atoms with Gasteiger partial charge in [0, 0.05) is 37.3 Å². The molecule has 8 nitrogen and oxygen atoms in total. The average molecular weight is 454 g/mol. The molecule has 11 heteroatoms. The Kier molecular flexibility index (Phi) is 5.39. The summed E-state index contributed by atoms with van der Waals surface area (Å²) in [7, 11) is -3.85. The van der Waals surface area contributed by atoms with E-state index in [9.17, 15) is 22.4 Å². The highest BCUT2D eigenvalue weighted by molar-refractivity contribution is 7.89. The van der Waals surface area contributed by atoms with Gasteiger partial charge in [0.2, 0.25) is 15.9 Å². The molecule has 1 amide bonds. The first kappa shape index (κ1) is 20.6. The van der Waals surface area contributed by atoms with E-state index in [1.165, 1.54) is 38.0 Å². The minimum Gasteiger partial charge on any atom is -0.408 e. The minimum atomic E-state index is -3.85. The van der Waals surface area contributed by atoms with Crippen LogP contribution in [0.4, 0.5) is 4.39 Å². The van der Waals surface area contributed by atoms with Crippen LogP contribution in [0.25, 0.3) is 11.1 Å². The van der Waals surface area contributed by atoms with Gasteiger partial charge in [0.25, 0.3) is 0 Å². The molecular weight excluding hydrogens is 437 g/mol. The number of carbonyl (C=O) groups is 1. The second-order valence-corrected chi connectivity index (χ2v) is 9.18. The number of amides is 1. The largest absolute Gasteiger partial charge is 0.420 e. The first-order valence-corrected chi connectivity index (χ1v) is 10.9. The van der Waals surface area contributed by atoms with Crippen LogP contribution in [0.15, 0.2) is 56.6 Å². The van der Waals surface area contributed by atoms with Crippen molar-refractivity contribution in [3.05, 3.63) is 63.9 Å². The van der Waals surface area contributed by atoms with E-state index in [4.69, 9.17) is 16.0 Å². The van der Waals surface area contributed by atoms with Crippen molar-refractivity contribution < 1.29 is 22.0 Å². The van der Waals surface area contributed by atoms with E-state index < -0.39 is 21.6 Å². The predicted molar refractivity (Wildman–Crippen MR) is 107 cm³/mol. The highest BCUT2D eigenvalue weighted by Crippen LogP contribution is 2.20. The van der Waals surface area contributed by atoms with Crippen molar-refractivity contribution in [2.75, 3.05) is 26.2 Å². The Labute approximate surface area is 176 Å². The summed E-state index contributed by atoms with van der Waals surface area (Å²) in [4.78, 5) is 26.1. The number of carbonyl (C=O) groups excluding carboxylic acids is 1. The summed E-state index contributed by atoms with van der Waals surface area (Å²) >= 11 is 5.89. The standard InChI is InChI=1S/C19H17ClFN3O5S/c20-13-4-5-16-17(10-13)29-19(26)24(16)12-18(25)22-6-8-23(9-7-22)30(27,28)15-3-1-2-14(21)11-15/h1-5,10-11H,6-9,12H2. The number of halogens is 2. The number of hydrogen-bond acceptors (Lipinski definition) is 5. The molecule has 158 valence electrons. The zero-order valence-electron chi connectivity index (χ0n) is 15.6. The fourth-order valence-electron chi connectivity index (χ4n) is 3.38. The van der Waals surface area contributed by atoms with Crippen molar-refractivity contribution in [2.24, 2.45) is 0 Å². The maximum atomic E-state index is 13.4. The summed E-state index contributed by atoms with van der Waals surface area (Å²) in [5, 5.41) is 0.408. The van der Waals surface area contributed by atoms with Crippen LogP contribution in [0, 0.1) is 5.82 Å². The van der Waals surface area contributed by atoms with E-state index in [-0.39, 0.29) is 49.1 Å². The molecule has 0 atom stereocenters. The fraction of sp³-hybridized carbons (Fsp3) is 0.263. The predicted octanol–water partition coefficient (Wildman–Crippen LogP) is 1.92. The van der Waals surface area contributed by atoms with Crippen LogP contribution in [0.1, 0.15) is 0 Å². The Bertz CT molecular complexity index is 1280. The molecule has 0 bridgehead atoms. The lowest BCUT2D eigenvalue weighted by atomic mass is 10.3. The summed E-state index contributed by atoms with van der Waals surface area (Å²) < 4.78 is 46.3.